The Morgan fingerprint density at radius 1 is 1.53 bits per heavy atom. The molecule has 0 aromatic rings. The second-order valence-electron chi connectivity index (χ2n) is 5.64. The Labute approximate surface area is 90.8 Å². The van der Waals surface area contributed by atoms with E-state index in [1.807, 2.05) is 20.8 Å². The van der Waals surface area contributed by atoms with E-state index in [2.05, 4.69) is 10.6 Å². The summed E-state index contributed by atoms with van der Waals surface area (Å²) in [7, 11) is 0. The van der Waals surface area contributed by atoms with Gasteiger partial charge in [0.05, 0.1) is 0 Å². The Balaban J connectivity index is 1.85. The molecule has 2 rings (SSSR count). The van der Waals surface area contributed by atoms with E-state index < -0.39 is 5.60 Å². The molecule has 2 unspecified atom stereocenters. The van der Waals surface area contributed by atoms with Crippen LogP contribution in [0.3, 0.4) is 0 Å². The lowest BCUT2D eigenvalue weighted by atomic mass is 10.1. The molecule has 0 bridgehead atoms. The molecule has 1 aliphatic heterocycles. The summed E-state index contributed by atoms with van der Waals surface area (Å²) in [6.07, 6.45) is 1.85. The van der Waals surface area contributed by atoms with E-state index in [0.29, 0.717) is 5.92 Å². The first-order valence-electron chi connectivity index (χ1n) is 5.63. The molecule has 0 aromatic heterocycles. The minimum atomic E-state index is -0.405. The van der Waals surface area contributed by atoms with Crippen LogP contribution in [-0.2, 0) is 4.74 Å². The van der Waals surface area contributed by atoms with Crippen molar-refractivity contribution in [3.05, 3.63) is 0 Å². The third-order valence-electron chi connectivity index (χ3n) is 3.12. The minimum Gasteiger partial charge on any atom is -0.444 e. The van der Waals surface area contributed by atoms with Gasteiger partial charge in [0, 0.05) is 12.1 Å². The zero-order valence-corrected chi connectivity index (χ0v) is 9.72. The molecule has 1 amide bonds. The highest BCUT2D eigenvalue weighted by Crippen LogP contribution is 2.47. The molecule has 1 saturated heterocycles. The lowest BCUT2D eigenvalue weighted by Gasteiger charge is -2.26. The summed E-state index contributed by atoms with van der Waals surface area (Å²) in [4.78, 5) is 11.6. The van der Waals surface area contributed by atoms with E-state index in [1.165, 1.54) is 0 Å². The van der Waals surface area contributed by atoms with Crippen LogP contribution in [0.4, 0.5) is 4.79 Å². The number of hydrogen-bond donors (Lipinski definition) is 2. The number of carbonyl (C=O) groups excluding carboxylic acids is 1. The lowest BCUT2D eigenvalue weighted by Crippen LogP contribution is -2.47. The van der Waals surface area contributed by atoms with Crippen LogP contribution >= 0.6 is 0 Å². The van der Waals surface area contributed by atoms with Crippen LogP contribution in [0.1, 0.15) is 33.6 Å². The molecule has 2 N–H and O–H groups in total. The first-order chi connectivity index (χ1) is 6.91. The molecule has 0 radical (unpaired) electrons. The van der Waals surface area contributed by atoms with E-state index in [0.717, 1.165) is 25.9 Å². The minimum absolute atomic E-state index is 0.0492. The highest BCUT2D eigenvalue weighted by molar-refractivity contribution is 5.69. The maximum absolute atomic E-state index is 11.6. The zero-order chi connectivity index (χ0) is 11.1. The number of nitrogens with one attached hydrogen (secondary N) is 2. The van der Waals surface area contributed by atoms with Crippen LogP contribution in [0.25, 0.3) is 0 Å². The van der Waals surface area contributed by atoms with Crippen LogP contribution in [0.5, 0.6) is 0 Å². The Kier molecular flexibility index (Phi) is 2.41. The van der Waals surface area contributed by atoms with Gasteiger partial charge in [0.15, 0.2) is 0 Å². The third kappa shape index (κ3) is 2.43. The average Bonchev–Trinajstić information content (AvgIpc) is 2.73. The monoisotopic (exact) mass is 212 g/mol. The van der Waals surface area contributed by atoms with Crippen molar-refractivity contribution >= 4 is 6.09 Å². The highest BCUT2D eigenvalue weighted by atomic mass is 16.6. The number of ether oxygens (including phenoxy) is 1. The van der Waals surface area contributed by atoms with Crippen LogP contribution in [0.15, 0.2) is 0 Å². The number of fused-ring (bicyclic) bond motifs is 1. The standard InChI is InChI=1S/C11H20N2O2/c1-10(2,3)15-9(14)13-11-4-5-12-7-8(11)6-11/h8,12H,4-7H2,1-3H3,(H,13,14). The Bertz CT molecular complexity index is 272. The van der Waals surface area contributed by atoms with Gasteiger partial charge in [-0.05, 0) is 46.1 Å². The summed E-state index contributed by atoms with van der Waals surface area (Å²) >= 11 is 0. The molecule has 86 valence electrons. The SMILES string of the molecule is CC(C)(C)OC(=O)NC12CCNCC1C2. The van der Waals surface area contributed by atoms with Crippen LogP contribution < -0.4 is 10.6 Å². The van der Waals surface area contributed by atoms with Crippen molar-refractivity contribution in [1.82, 2.24) is 10.6 Å². The van der Waals surface area contributed by atoms with Crippen molar-refractivity contribution in [1.29, 1.82) is 0 Å². The molecule has 1 aliphatic carbocycles. The molecule has 1 saturated carbocycles. The van der Waals surface area contributed by atoms with Gasteiger partial charge in [-0.25, -0.2) is 4.79 Å². The summed E-state index contributed by atoms with van der Waals surface area (Å²) in [6, 6.07) is 0. The van der Waals surface area contributed by atoms with Crippen LogP contribution in [0, 0.1) is 5.92 Å². The van der Waals surface area contributed by atoms with Crippen molar-refractivity contribution in [2.24, 2.45) is 5.92 Å². The fourth-order valence-electron chi connectivity index (χ4n) is 2.26. The maximum Gasteiger partial charge on any atom is 0.408 e. The van der Waals surface area contributed by atoms with E-state index in [9.17, 15) is 4.79 Å². The van der Waals surface area contributed by atoms with Gasteiger partial charge in [0.1, 0.15) is 5.60 Å². The molecule has 2 fully saturated rings. The van der Waals surface area contributed by atoms with Gasteiger partial charge in [-0.3, -0.25) is 0 Å². The number of piperidine rings is 1. The molecule has 2 atom stereocenters. The molecule has 15 heavy (non-hydrogen) atoms. The average molecular weight is 212 g/mol. The van der Waals surface area contributed by atoms with Gasteiger partial charge in [-0.1, -0.05) is 0 Å². The molecule has 2 aliphatic rings. The van der Waals surface area contributed by atoms with Gasteiger partial charge in [0.2, 0.25) is 0 Å². The normalized spacial score (nSPS) is 34.2. The zero-order valence-electron chi connectivity index (χ0n) is 9.72. The van der Waals surface area contributed by atoms with E-state index in [-0.39, 0.29) is 11.6 Å². The van der Waals surface area contributed by atoms with Gasteiger partial charge in [0.25, 0.3) is 0 Å². The number of rotatable bonds is 1. The quantitative estimate of drug-likeness (QED) is 0.688. The van der Waals surface area contributed by atoms with E-state index >= 15 is 0 Å². The number of hydrogen-bond acceptors (Lipinski definition) is 3. The van der Waals surface area contributed by atoms with Crippen LogP contribution in [-0.4, -0.2) is 30.3 Å². The second-order valence-corrected chi connectivity index (χ2v) is 5.64. The predicted octanol–water partition coefficient (Wildman–Crippen LogP) is 1.26. The molecule has 4 nitrogen and oxygen atoms in total. The Hall–Kier alpha value is -0.770. The van der Waals surface area contributed by atoms with Crippen molar-refractivity contribution in [2.75, 3.05) is 13.1 Å². The summed E-state index contributed by atoms with van der Waals surface area (Å²) in [5.74, 6) is 0.610. The molecule has 0 aromatic carbocycles. The topological polar surface area (TPSA) is 50.4 Å². The van der Waals surface area contributed by atoms with Gasteiger partial charge in [-0.2, -0.15) is 0 Å². The predicted molar refractivity (Wildman–Crippen MR) is 57.7 cm³/mol. The second kappa shape index (κ2) is 3.37. The largest absolute Gasteiger partial charge is 0.444 e. The Morgan fingerprint density at radius 2 is 2.27 bits per heavy atom. The first kappa shape index (κ1) is 10.7. The van der Waals surface area contributed by atoms with Crippen molar-refractivity contribution < 1.29 is 9.53 Å². The highest BCUT2D eigenvalue weighted by Gasteiger charge is 2.56. The summed E-state index contributed by atoms with van der Waals surface area (Å²) in [5, 5.41) is 6.36. The van der Waals surface area contributed by atoms with Crippen molar-refractivity contribution in [2.45, 2.75) is 44.8 Å². The summed E-state index contributed by atoms with van der Waals surface area (Å²) in [6.45, 7) is 7.67. The third-order valence-corrected chi connectivity index (χ3v) is 3.12. The molecule has 0 spiro atoms. The van der Waals surface area contributed by atoms with Gasteiger partial charge >= 0.3 is 6.09 Å². The van der Waals surface area contributed by atoms with Crippen molar-refractivity contribution in [3.63, 3.8) is 0 Å². The lowest BCUT2D eigenvalue weighted by molar-refractivity contribution is 0.0484. The smallest absolute Gasteiger partial charge is 0.408 e. The van der Waals surface area contributed by atoms with Crippen LogP contribution in [0.2, 0.25) is 0 Å². The Morgan fingerprint density at radius 3 is 2.87 bits per heavy atom. The number of carbonyl (C=O) groups is 1. The van der Waals surface area contributed by atoms with E-state index in [1.54, 1.807) is 0 Å². The summed E-state index contributed by atoms with van der Waals surface area (Å²) in [5.41, 5.74) is -0.356. The molecule has 4 heteroatoms. The maximum atomic E-state index is 11.6. The van der Waals surface area contributed by atoms with E-state index in [4.69, 9.17) is 4.74 Å². The fraction of sp³-hybridized carbons (Fsp3) is 0.909. The molecular formula is C11H20N2O2. The molecule has 1 heterocycles. The molecular weight excluding hydrogens is 192 g/mol. The number of amides is 1. The van der Waals surface area contributed by atoms with Crippen molar-refractivity contribution in [3.8, 4) is 0 Å². The first-order valence-corrected chi connectivity index (χ1v) is 5.63. The summed E-state index contributed by atoms with van der Waals surface area (Å²) < 4.78 is 5.26. The number of alkyl carbamates (subject to hydrolysis) is 1. The van der Waals surface area contributed by atoms with Gasteiger partial charge in [-0.15, -0.1) is 0 Å². The fourth-order valence-corrected chi connectivity index (χ4v) is 2.26. The van der Waals surface area contributed by atoms with Gasteiger partial charge < -0.3 is 15.4 Å².